The van der Waals surface area contributed by atoms with Crippen molar-refractivity contribution in [1.82, 2.24) is 15.0 Å². The van der Waals surface area contributed by atoms with Gasteiger partial charge in [0.1, 0.15) is 5.82 Å². The molecule has 1 aliphatic carbocycles. The van der Waals surface area contributed by atoms with Crippen molar-refractivity contribution in [1.29, 1.82) is 0 Å². The lowest BCUT2D eigenvalue weighted by Crippen LogP contribution is -2.30. The molecule has 3 rings (SSSR count). The summed E-state index contributed by atoms with van der Waals surface area (Å²) in [6.07, 6.45) is 11.9. The Morgan fingerprint density at radius 2 is 1.93 bits per heavy atom. The normalized spacial score (nSPS) is 14.1. The fraction of sp³-hybridized carbons (Fsp3) is 0.609. The number of ether oxygens (including phenoxy) is 1. The maximum Gasteiger partial charge on any atom is 0.223 e. The van der Waals surface area contributed by atoms with Crippen molar-refractivity contribution in [3.05, 3.63) is 35.8 Å². The van der Waals surface area contributed by atoms with Gasteiger partial charge >= 0.3 is 0 Å². The summed E-state index contributed by atoms with van der Waals surface area (Å²) in [5.41, 5.74) is 2.33. The molecule has 164 valence electrons. The first-order valence-corrected chi connectivity index (χ1v) is 12.5. The molecule has 30 heavy (non-hydrogen) atoms. The maximum absolute atomic E-state index is 5.63. The third kappa shape index (κ3) is 6.49. The van der Waals surface area contributed by atoms with Crippen LogP contribution in [-0.4, -0.2) is 46.7 Å². The van der Waals surface area contributed by atoms with Gasteiger partial charge in [0.05, 0.1) is 19.0 Å². The zero-order valence-electron chi connectivity index (χ0n) is 18.6. The number of nitrogens with zero attached hydrogens (tertiary/aromatic N) is 4. The highest BCUT2D eigenvalue weighted by atomic mass is 32.2. The summed E-state index contributed by atoms with van der Waals surface area (Å²) < 4.78 is 5.63. The molecular formula is C23H35N5OS. The molecule has 2 aromatic rings. The van der Waals surface area contributed by atoms with Crippen LogP contribution in [0.15, 0.2) is 24.5 Å². The van der Waals surface area contributed by atoms with Crippen molar-refractivity contribution in [2.45, 2.75) is 52.5 Å². The van der Waals surface area contributed by atoms with Crippen molar-refractivity contribution in [3.8, 4) is 5.75 Å². The molecule has 7 heteroatoms. The fourth-order valence-corrected chi connectivity index (χ4v) is 4.14. The number of anilines is 2. The van der Waals surface area contributed by atoms with Crippen molar-refractivity contribution in [3.63, 3.8) is 0 Å². The summed E-state index contributed by atoms with van der Waals surface area (Å²) in [5.74, 6) is 4.17. The molecule has 0 aliphatic heterocycles. The zero-order chi connectivity index (χ0) is 21.2. The number of pyridine rings is 1. The van der Waals surface area contributed by atoms with Crippen LogP contribution >= 0.6 is 11.8 Å². The molecule has 2 heterocycles. The molecule has 0 spiro atoms. The molecule has 0 amide bonds. The van der Waals surface area contributed by atoms with Crippen molar-refractivity contribution >= 4 is 23.5 Å². The van der Waals surface area contributed by atoms with E-state index in [1.54, 1.807) is 24.2 Å². The van der Waals surface area contributed by atoms with Crippen LogP contribution in [0.4, 0.5) is 11.8 Å². The predicted molar refractivity (Wildman–Crippen MR) is 127 cm³/mol. The summed E-state index contributed by atoms with van der Waals surface area (Å²) in [4.78, 5) is 16.2. The van der Waals surface area contributed by atoms with Crippen LogP contribution < -0.4 is 15.0 Å². The van der Waals surface area contributed by atoms with E-state index in [-0.39, 0.29) is 0 Å². The van der Waals surface area contributed by atoms with Gasteiger partial charge < -0.3 is 15.0 Å². The average molecular weight is 430 g/mol. The van der Waals surface area contributed by atoms with E-state index < -0.39 is 0 Å². The molecular weight excluding hydrogens is 394 g/mol. The first-order valence-electron chi connectivity index (χ1n) is 11.1. The van der Waals surface area contributed by atoms with Crippen LogP contribution in [0, 0.1) is 5.92 Å². The number of nitrogens with one attached hydrogen (secondary N) is 1. The molecule has 1 fully saturated rings. The molecule has 0 saturated heterocycles. The predicted octanol–water partition coefficient (Wildman–Crippen LogP) is 4.80. The van der Waals surface area contributed by atoms with Crippen molar-refractivity contribution in [2.24, 2.45) is 5.92 Å². The number of thioether (sulfide) groups is 1. The lowest BCUT2D eigenvalue weighted by molar-refractivity contribution is 0.341. The minimum absolute atomic E-state index is 0.608. The lowest BCUT2D eigenvalue weighted by Gasteiger charge is -2.28. The highest BCUT2D eigenvalue weighted by molar-refractivity contribution is 7.98. The number of rotatable bonds is 12. The van der Waals surface area contributed by atoms with E-state index >= 15 is 0 Å². The van der Waals surface area contributed by atoms with E-state index in [0.717, 1.165) is 42.7 Å². The summed E-state index contributed by atoms with van der Waals surface area (Å²) in [6, 6.07) is 4.33. The summed E-state index contributed by atoms with van der Waals surface area (Å²) in [7, 11) is 0. The van der Waals surface area contributed by atoms with Crippen LogP contribution in [0.5, 0.6) is 5.75 Å². The summed E-state index contributed by atoms with van der Waals surface area (Å²) in [6.45, 7) is 7.79. The Morgan fingerprint density at radius 1 is 1.17 bits per heavy atom. The van der Waals surface area contributed by atoms with E-state index in [1.165, 1.54) is 31.2 Å². The van der Waals surface area contributed by atoms with Gasteiger partial charge in [-0.3, -0.25) is 0 Å². The molecule has 0 radical (unpaired) electrons. The molecule has 1 aliphatic rings. The van der Waals surface area contributed by atoms with Crippen molar-refractivity contribution in [2.75, 3.05) is 41.9 Å². The van der Waals surface area contributed by atoms with E-state index in [9.17, 15) is 0 Å². The van der Waals surface area contributed by atoms with E-state index in [4.69, 9.17) is 9.72 Å². The minimum Gasteiger partial charge on any atom is -0.489 e. The van der Waals surface area contributed by atoms with Gasteiger partial charge in [0.25, 0.3) is 0 Å². The number of aromatic nitrogens is 3. The van der Waals surface area contributed by atoms with Crippen LogP contribution in [0.2, 0.25) is 0 Å². The third-order valence-electron chi connectivity index (χ3n) is 5.63. The van der Waals surface area contributed by atoms with Crippen molar-refractivity contribution < 1.29 is 4.74 Å². The first-order chi connectivity index (χ1) is 14.7. The van der Waals surface area contributed by atoms with Crippen LogP contribution in [0.1, 0.15) is 50.8 Å². The molecule has 0 aromatic carbocycles. The SMILES string of the molecule is CCc1ccc(CNc2ncc(OCCSC)cn2)c(N(CC)CC2CCCC2)n1. The van der Waals surface area contributed by atoms with Crippen LogP contribution in [-0.2, 0) is 13.0 Å². The Labute approximate surface area is 185 Å². The first kappa shape index (κ1) is 22.7. The van der Waals surface area contributed by atoms with Gasteiger partial charge in [-0.25, -0.2) is 15.0 Å². The van der Waals surface area contributed by atoms with E-state index in [2.05, 4.69) is 52.4 Å². The number of hydrogen-bond acceptors (Lipinski definition) is 7. The average Bonchev–Trinajstić information content (AvgIpc) is 3.30. The van der Waals surface area contributed by atoms with E-state index in [0.29, 0.717) is 24.8 Å². The monoisotopic (exact) mass is 429 g/mol. The molecule has 0 bridgehead atoms. The molecule has 0 unspecified atom stereocenters. The maximum atomic E-state index is 5.63. The van der Waals surface area contributed by atoms with E-state index in [1.807, 2.05) is 0 Å². The quantitative estimate of drug-likeness (QED) is 0.486. The van der Waals surface area contributed by atoms with Gasteiger partial charge in [0.2, 0.25) is 5.95 Å². The minimum atomic E-state index is 0.608. The Bertz CT molecular complexity index is 765. The smallest absolute Gasteiger partial charge is 0.223 e. The van der Waals surface area contributed by atoms with Gasteiger partial charge in [0.15, 0.2) is 5.75 Å². The molecule has 1 N–H and O–H groups in total. The van der Waals surface area contributed by atoms with Gasteiger partial charge in [-0.2, -0.15) is 11.8 Å². The van der Waals surface area contributed by atoms with Gasteiger partial charge in [0, 0.05) is 36.6 Å². The second kappa shape index (κ2) is 12.0. The Morgan fingerprint density at radius 3 is 2.60 bits per heavy atom. The Hall–Kier alpha value is -2.02. The topological polar surface area (TPSA) is 63.2 Å². The standard InChI is InChI=1S/C23H35N5OS/c1-4-20-11-10-19(22(27-20)28(5-2)17-18-8-6-7-9-18)14-24-23-25-15-21(16-26-23)29-12-13-30-3/h10-11,15-16,18H,4-9,12-14,17H2,1-3H3,(H,24,25,26). The molecule has 6 nitrogen and oxygen atoms in total. The number of hydrogen-bond donors (Lipinski definition) is 1. The summed E-state index contributed by atoms with van der Waals surface area (Å²) in [5, 5.41) is 3.36. The van der Waals surface area contributed by atoms with Crippen LogP contribution in [0.25, 0.3) is 0 Å². The Kier molecular flexibility index (Phi) is 9.05. The highest BCUT2D eigenvalue weighted by Crippen LogP contribution is 2.28. The molecule has 1 saturated carbocycles. The van der Waals surface area contributed by atoms with Gasteiger partial charge in [-0.1, -0.05) is 25.8 Å². The van der Waals surface area contributed by atoms with Gasteiger partial charge in [-0.15, -0.1) is 0 Å². The lowest BCUT2D eigenvalue weighted by atomic mass is 10.1. The number of aryl methyl sites for hydroxylation is 1. The molecule has 2 aromatic heterocycles. The van der Waals surface area contributed by atoms with Crippen LogP contribution in [0.3, 0.4) is 0 Å². The largest absolute Gasteiger partial charge is 0.489 e. The molecule has 0 atom stereocenters. The second-order valence-corrected chi connectivity index (χ2v) is 8.75. The Balaban J connectivity index is 1.67. The second-order valence-electron chi connectivity index (χ2n) is 7.77. The summed E-state index contributed by atoms with van der Waals surface area (Å²) >= 11 is 1.76. The van der Waals surface area contributed by atoms with Gasteiger partial charge in [-0.05, 0) is 44.4 Å². The highest BCUT2D eigenvalue weighted by Gasteiger charge is 2.20. The fourth-order valence-electron chi connectivity index (χ4n) is 3.89. The third-order valence-corrected chi connectivity index (χ3v) is 6.21. The zero-order valence-corrected chi connectivity index (χ0v) is 19.4.